The van der Waals surface area contributed by atoms with Crippen molar-refractivity contribution in [3.8, 4) is 0 Å². The Balaban J connectivity index is 1.98. The van der Waals surface area contributed by atoms with Crippen LogP contribution in [0.25, 0.3) is 10.6 Å². The molecule has 6 nitrogen and oxygen atoms in total. The van der Waals surface area contributed by atoms with E-state index in [1.54, 1.807) is 0 Å². The van der Waals surface area contributed by atoms with E-state index in [0.717, 1.165) is 0 Å². The molecule has 0 N–H and O–H groups in total. The zero-order chi connectivity index (χ0) is 6.81. The standard InChI is InChI=1S/C4H2N6/c1-5-3(9-7-1)4-6-2-8-10-4/h1-2H/q+2. The van der Waals surface area contributed by atoms with Crippen molar-refractivity contribution in [3.63, 3.8) is 0 Å². The predicted molar refractivity (Wildman–Crippen MR) is 31.5 cm³/mol. The Hall–Kier alpha value is -1.40. The average molecular weight is 134 g/mol. The smallest absolute Gasteiger partial charge is 0.143 e. The summed E-state index contributed by atoms with van der Waals surface area (Å²) in [5, 5.41) is 21.8. The van der Waals surface area contributed by atoms with E-state index in [2.05, 4.69) is 31.1 Å². The first kappa shape index (κ1) is 5.39. The van der Waals surface area contributed by atoms with Gasteiger partial charge in [0.25, 0.3) is 0 Å². The Morgan fingerprint density at radius 2 is 1.40 bits per heavy atom. The molecule has 0 saturated carbocycles. The van der Waals surface area contributed by atoms with Gasteiger partial charge in [-0.1, -0.05) is 0 Å². The van der Waals surface area contributed by atoms with Gasteiger partial charge in [0, 0.05) is 0 Å². The molecule has 0 unspecified atom stereocenters. The van der Waals surface area contributed by atoms with Gasteiger partial charge >= 0.3 is 12.3 Å². The van der Waals surface area contributed by atoms with E-state index in [0.29, 0.717) is 12.3 Å². The molecule has 0 saturated heterocycles. The first-order valence-corrected chi connectivity index (χ1v) is 2.58. The Labute approximate surface area is 57.8 Å². The van der Waals surface area contributed by atoms with Crippen molar-refractivity contribution < 1.29 is 0 Å². The van der Waals surface area contributed by atoms with Crippen molar-refractivity contribution in [2.24, 2.45) is 20.5 Å². The van der Waals surface area contributed by atoms with Crippen LogP contribution in [0, 0.1) is 25.7 Å². The van der Waals surface area contributed by atoms with Crippen molar-refractivity contribution in [1.82, 2.24) is 0 Å². The molecule has 6 heteroatoms. The average Bonchev–Trinajstić information content (AvgIpc) is 2.59. The molecule has 0 radical (unpaired) electrons. The number of nitrogens with zero attached hydrogens (tertiary/aromatic N) is 6. The van der Waals surface area contributed by atoms with Crippen molar-refractivity contribution in [2.75, 3.05) is 0 Å². The number of rotatable bonds is 1. The van der Waals surface area contributed by atoms with Crippen LogP contribution in [0.3, 0.4) is 0 Å². The Kier molecular flexibility index (Phi) is 1.12. The third-order valence-corrected chi connectivity index (χ3v) is 0.968. The Morgan fingerprint density at radius 3 is 1.70 bits per heavy atom. The minimum Gasteiger partial charge on any atom is -0.143 e. The van der Waals surface area contributed by atoms with Gasteiger partial charge in [0.2, 0.25) is 13.3 Å². The Morgan fingerprint density at radius 1 is 0.900 bits per heavy atom. The molecule has 0 spiro atoms. The maximum atomic E-state index is 3.77. The SMILES string of the molecule is [CH+]1N=N[C+]([C+]2N=N[CH+][N-]2)[N-]1. The summed E-state index contributed by atoms with van der Waals surface area (Å²) in [6.45, 7) is 2.68. The third kappa shape index (κ3) is 0.751. The molecule has 2 aliphatic rings. The van der Waals surface area contributed by atoms with Crippen LogP contribution >= 0.6 is 0 Å². The van der Waals surface area contributed by atoms with Crippen molar-refractivity contribution >= 4 is 0 Å². The second-order valence-electron chi connectivity index (χ2n) is 1.57. The lowest BCUT2D eigenvalue weighted by atomic mass is 10.4. The van der Waals surface area contributed by atoms with E-state index in [-0.39, 0.29) is 0 Å². The summed E-state index contributed by atoms with van der Waals surface area (Å²) in [5.74, 6) is 0. The molecule has 0 amide bonds. The van der Waals surface area contributed by atoms with Crippen LogP contribution in [0.1, 0.15) is 0 Å². The zero-order valence-electron chi connectivity index (χ0n) is 4.84. The first-order chi connectivity index (χ1) is 4.97. The fourth-order valence-electron chi connectivity index (χ4n) is 0.579. The molecule has 2 heterocycles. The van der Waals surface area contributed by atoms with Crippen LogP contribution in [0.4, 0.5) is 0 Å². The van der Waals surface area contributed by atoms with E-state index in [9.17, 15) is 0 Å². The number of hydrogen-bond donors (Lipinski definition) is 0. The fourth-order valence-corrected chi connectivity index (χ4v) is 0.579. The van der Waals surface area contributed by atoms with Gasteiger partial charge in [-0.15, -0.1) is 10.6 Å². The summed E-state index contributed by atoms with van der Waals surface area (Å²) >= 11 is 0. The van der Waals surface area contributed by atoms with Gasteiger partial charge in [0.15, 0.2) is 0 Å². The first-order valence-electron chi connectivity index (χ1n) is 2.58. The van der Waals surface area contributed by atoms with Gasteiger partial charge in [-0.2, -0.15) is 0 Å². The summed E-state index contributed by atoms with van der Waals surface area (Å²) in [4.78, 5) is 0. The summed E-state index contributed by atoms with van der Waals surface area (Å²) in [6, 6.07) is 0. The minimum absolute atomic E-state index is 0.414. The lowest BCUT2D eigenvalue weighted by molar-refractivity contribution is 0.951. The largest absolute Gasteiger partial charge is 0.427 e. The maximum Gasteiger partial charge on any atom is 0.427 e. The van der Waals surface area contributed by atoms with Gasteiger partial charge in [0.05, 0.1) is 10.2 Å². The summed E-state index contributed by atoms with van der Waals surface area (Å²) in [7, 11) is 0. The molecule has 0 aromatic rings. The van der Waals surface area contributed by atoms with Gasteiger partial charge in [0.1, 0.15) is 10.2 Å². The monoisotopic (exact) mass is 134 g/mol. The maximum absolute atomic E-state index is 3.77. The fraction of sp³-hybridized carbons (Fsp3) is 0. The van der Waals surface area contributed by atoms with E-state index in [1.165, 1.54) is 13.3 Å². The summed E-state index contributed by atoms with van der Waals surface area (Å²) in [6.07, 6.45) is 0.829. The van der Waals surface area contributed by atoms with Crippen LogP contribution in [0.2, 0.25) is 0 Å². The van der Waals surface area contributed by atoms with Gasteiger partial charge in [-0.25, -0.2) is 0 Å². The molecular weight excluding hydrogens is 132 g/mol. The number of azo groups is 2. The van der Waals surface area contributed by atoms with E-state index in [4.69, 9.17) is 0 Å². The molecule has 46 valence electrons. The molecule has 0 bridgehead atoms. The van der Waals surface area contributed by atoms with Crippen LogP contribution in [-0.2, 0) is 0 Å². The molecule has 2 rings (SSSR count). The molecule has 0 aliphatic carbocycles. The lowest BCUT2D eigenvalue weighted by Gasteiger charge is -1.87. The Bertz CT molecular complexity index is 155. The van der Waals surface area contributed by atoms with Gasteiger partial charge in [-0.05, 0) is 0 Å². The van der Waals surface area contributed by atoms with Crippen LogP contribution in [0.5, 0.6) is 0 Å². The molecular formula is C4H2N6+2. The minimum atomic E-state index is 0.414. The molecule has 0 fully saturated rings. The zero-order valence-corrected chi connectivity index (χ0v) is 4.84. The highest BCUT2D eigenvalue weighted by Crippen LogP contribution is 2.39. The van der Waals surface area contributed by atoms with E-state index < -0.39 is 0 Å². The topological polar surface area (TPSA) is 77.6 Å². The highest BCUT2D eigenvalue weighted by atomic mass is 15.4. The van der Waals surface area contributed by atoms with Gasteiger partial charge in [-0.3, -0.25) is 0 Å². The normalized spacial score (nSPS) is 21.6. The molecule has 0 atom stereocenters. The molecule has 0 aromatic carbocycles. The third-order valence-electron chi connectivity index (χ3n) is 0.968. The number of hydrogen-bond acceptors (Lipinski definition) is 4. The van der Waals surface area contributed by atoms with Gasteiger partial charge < -0.3 is 0 Å². The summed E-state index contributed by atoms with van der Waals surface area (Å²) < 4.78 is 0. The quantitative estimate of drug-likeness (QED) is 0.491. The highest BCUT2D eigenvalue weighted by molar-refractivity contribution is 5.37. The highest BCUT2D eigenvalue weighted by Gasteiger charge is 2.47. The van der Waals surface area contributed by atoms with Crippen LogP contribution in [0.15, 0.2) is 20.5 Å². The second kappa shape index (κ2) is 2.09. The molecule has 10 heavy (non-hydrogen) atoms. The predicted octanol–water partition coefficient (Wildman–Crippen LogP) is 1.88. The molecule has 2 aliphatic heterocycles. The molecule has 0 aromatic heterocycles. The van der Waals surface area contributed by atoms with Crippen molar-refractivity contribution in [3.05, 3.63) is 36.3 Å². The van der Waals surface area contributed by atoms with Crippen LogP contribution in [-0.4, -0.2) is 0 Å². The van der Waals surface area contributed by atoms with Crippen molar-refractivity contribution in [2.45, 2.75) is 0 Å². The van der Waals surface area contributed by atoms with Crippen LogP contribution < -0.4 is 0 Å². The van der Waals surface area contributed by atoms with Crippen molar-refractivity contribution in [1.29, 1.82) is 0 Å². The summed E-state index contributed by atoms with van der Waals surface area (Å²) in [5.41, 5.74) is 0. The lowest BCUT2D eigenvalue weighted by Crippen LogP contribution is -1.96. The van der Waals surface area contributed by atoms with E-state index in [1.807, 2.05) is 0 Å². The second-order valence-corrected chi connectivity index (χ2v) is 1.57. The van der Waals surface area contributed by atoms with E-state index >= 15 is 0 Å².